The summed E-state index contributed by atoms with van der Waals surface area (Å²) in [5.74, 6) is -4.70. The van der Waals surface area contributed by atoms with Crippen LogP contribution in [0.25, 0.3) is 0 Å². The SMILES string of the molecule is CCOc1ccc(C(=O)N2CCN(S(=O)(=O)c3ccc(F)c(F)c3F)CC2)cc1. The molecule has 2 aromatic carbocycles. The van der Waals surface area contributed by atoms with Crippen molar-refractivity contribution >= 4 is 15.9 Å². The number of carbonyl (C=O) groups is 1. The molecule has 1 amide bonds. The molecule has 3 rings (SSSR count). The average molecular weight is 428 g/mol. The Hall–Kier alpha value is -2.59. The molecule has 6 nitrogen and oxygen atoms in total. The molecule has 0 bridgehead atoms. The van der Waals surface area contributed by atoms with Gasteiger partial charge in [0.15, 0.2) is 17.5 Å². The molecule has 156 valence electrons. The van der Waals surface area contributed by atoms with Gasteiger partial charge in [0.2, 0.25) is 10.0 Å². The van der Waals surface area contributed by atoms with Gasteiger partial charge in [0.05, 0.1) is 6.61 Å². The third kappa shape index (κ3) is 4.23. The van der Waals surface area contributed by atoms with E-state index in [2.05, 4.69) is 0 Å². The summed E-state index contributed by atoms with van der Waals surface area (Å²) in [7, 11) is -4.36. The van der Waals surface area contributed by atoms with Crippen LogP contribution >= 0.6 is 0 Å². The number of hydrogen-bond donors (Lipinski definition) is 0. The van der Waals surface area contributed by atoms with Crippen molar-refractivity contribution in [3.05, 3.63) is 59.4 Å². The molecule has 0 aliphatic carbocycles. The summed E-state index contributed by atoms with van der Waals surface area (Å²) in [5.41, 5.74) is 0.427. The Morgan fingerprint density at radius 2 is 1.59 bits per heavy atom. The molecule has 1 fully saturated rings. The van der Waals surface area contributed by atoms with E-state index in [9.17, 15) is 26.4 Å². The fourth-order valence-electron chi connectivity index (χ4n) is 3.02. The average Bonchev–Trinajstić information content (AvgIpc) is 2.72. The Balaban J connectivity index is 1.70. The van der Waals surface area contributed by atoms with Gasteiger partial charge in [-0.3, -0.25) is 4.79 Å². The summed E-state index contributed by atoms with van der Waals surface area (Å²) < 4.78 is 71.9. The Labute approximate surface area is 166 Å². The van der Waals surface area contributed by atoms with Crippen molar-refractivity contribution in [2.24, 2.45) is 0 Å². The van der Waals surface area contributed by atoms with Crippen LogP contribution in [-0.4, -0.2) is 56.3 Å². The number of sulfonamides is 1. The first-order chi connectivity index (χ1) is 13.8. The van der Waals surface area contributed by atoms with Gasteiger partial charge in [0.1, 0.15) is 10.6 Å². The summed E-state index contributed by atoms with van der Waals surface area (Å²) >= 11 is 0. The first-order valence-electron chi connectivity index (χ1n) is 8.91. The molecule has 29 heavy (non-hydrogen) atoms. The molecule has 1 aliphatic rings. The molecule has 0 unspecified atom stereocenters. The van der Waals surface area contributed by atoms with E-state index in [-0.39, 0.29) is 32.1 Å². The van der Waals surface area contributed by atoms with Crippen LogP contribution in [-0.2, 0) is 10.0 Å². The lowest BCUT2D eigenvalue weighted by atomic mass is 10.2. The highest BCUT2D eigenvalue weighted by Gasteiger charge is 2.33. The molecule has 0 spiro atoms. The molecule has 0 radical (unpaired) electrons. The third-order valence-corrected chi connectivity index (χ3v) is 6.47. The van der Waals surface area contributed by atoms with Crippen LogP contribution in [0, 0.1) is 17.5 Å². The molecule has 1 saturated heterocycles. The first-order valence-corrected chi connectivity index (χ1v) is 10.4. The summed E-state index contributed by atoms with van der Waals surface area (Å²) in [6, 6.07) is 7.84. The summed E-state index contributed by atoms with van der Waals surface area (Å²) in [5, 5.41) is 0. The highest BCUT2D eigenvalue weighted by Crippen LogP contribution is 2.24. The zero-order valence-electron chi connectivity index (χ0n) is 15.6. The minimum atomic E-state index is -4.36. The van der Waals surface area contributed by atoms with Gasteiger partial charge in [-0.05, 0) is 43.3 Å². The van der Waals surface area contributed by atoms with Gasteiger partial charge in [0.25, 0.3) is 5.91 Å². The molecular formula is C19H19F3N2O4S. The number of carbonyl (C=O) groups excluding carboxylic acids is 1. The van der Waals surface area contributed by atoms with Gasteiger partial charge in [-0.15, -0.1) is 0 Å². The number of nitrogens with zero attached hydrogens (tertiary/aromatic N) is 2. The van der Waals surface area contributed by atoms with Gasteiger partial charge >= 0.3 is 0 Å². The van der Waals surface area contributed by atoms with Crippen LogP contribution in [0.3, 0.4) is 0 Å². The minimum absolute atomic E-state index is 0.0799. The lowest BCUT2D eigenvalue weighted by Gasteiger charge is -2.34. The maximum absolute atomic E-state index is 13.9. The van der Waals surface area contributed by atoms with E-state index in [1.54, 1.807) is 24.3 Å². The highest BCUT2D eigenvalue weighted by atomic mass is 32.2. The standard InChI is InChI=1S/C19H19F3N2O4S/c1-2-28-14-5-3-13(4-6-14)19(25)23-9-11-24(12-10-23)29(26,27)16-8-7-15(20)17(21)18(16)22/h3-8H,2,9-12H2,1H3. The normalized spacial score (nSPS) is 15.4. The smallest absolute Gasteiger partial charge is 0.253 e. The van der Waals surface area contributed by atoms with E-state index in [0.29, 0.717) is 30.1 Å². The van der Waals surface area contributed by atoms with E-state index in [0.717, 1.165) is 4.31 Å². The summed E-state index contributed by atoms with van der Waals surface area (Å²) in [4.78, 5) is 13.1. The summed E-state index contributed by atoms with van der Waals surface area (Å²) in [6.07, 6.45) is 0. The number of amides is 1. The number of halogens is 3. The van der Waals surface area contributed by atoms with Crippen LogP contribution in [0.2, 0.25) is 0 Å². The van der Waals surface area contributed by atoms with Crippen LogP contribution in [0.4, 0.5) is 13.2 Å². The lowest BCUT2D eigenvalue weighted by molar-refractivity contribution is 0.0697. The van der Waals surface area contributed by atoms with Crippen LogP contribution in [0.15, 0.2) is 41.3 Å². The molecule has 0 N–H and O–H groups in total. The van der Waals surface area contributed by atoms with E-state index < -0.39 is 32.4 Å². The van der Waals surface area contributed by atoms with Crippen molar-refractivity contribution in [1.82, 2.24) is 9.21 Å². The molecule has 1 heterocycles. The number of piperazine rings is 1. The van der Waals surface area contributed by atoms with Gasteiger partial charge in [-0.2, -0.15) is 4.31 Å². The predicted molar refractivity (Wildman–Crippen MR) is 98.6 cm³/mol. The quantitative estimate of drug-likeness (QED) is 0.687. The topological polar surface area (TPSA) is 66.9 Å². The van der Waals surface area contributed by atoms with Gasteiger partial charge in [-0.1, -0.05) is 0 Å². The Bertz CT molecular complexity index is 1000. The van der Waals surface area contributed by atoms with E-state index in [1.807, 2.05) is 6.92 Å². The Kier molecular flexibility index (Phi) is 6.13. The number of hydrogen-bond acceptors (Lipinski definition) is 4. The largest absolute Gasteiger partial charge is 0.494 e. The maximum atomic E-state index is 13.9. The summed E-state index contributed by atoms with van der Waals surface area (Å²) in [6.45, 7) is 2.32. The number of ether oxygens (including phenoxy) is 1. The van der Waals surface area contributed by atoms with Crippen molar-refractivity contribution in [2.45, 2.75) is 11.8 Å². The van der Waals surface area contributed by atoms with Gasteiger partial charge in [-0.25, -0.2) is 21.6 Å². The highest BCUT2D eigenvalue weighted by molar-refractivity contribution is 7.89. The Morgan fingerprint density at radius 3 is 2.17 bits per heavy atom. The zero-order chi connectivity index (χ0) is 21.2. The number of rotatable bonds is 5. The lowest BCUT2D eigenvalue weighted by Crippen LogP contribution is -2.50. The van der Waals surface area contributed by atoms with Crippen LogP contribution in [0.1, 0.15) is 17.3 Å². The van der Waals surface area contributed by atoms with Crippen molar-refractivity contribution in [3.63, 3.8) is 0 Å². The van der Waals surface area contributed by atoms with Crippen molar-refractivity contribution in [3.8, 4) is 5.75 Å². The molecule has 0 saturated carbocycles. The second-order valence-corrected chi connectivity index (χ2v) is 8.23. The molecule has 1 aliphatic heterocycles. The first kappa shape index (κ1) is 21.1. The van der Waals surface area contributed by atoms with Crippen LogP contribution in [0.5, 0.6) is 5.75 Å². The monoisotopic (exact) mass is 428 g/mol. The minimum Gasteiger partial charge on any atom is -0.494 e. The van der Waals surface area contributed by atoms with Gasteiger partial charge in [0, 0.05) is 31.7 Å². The molecule has 0 aromatic heterocycles. The maximum Gasteiger partial charge on any atom is 0.253 e. The van der Waals surface area contributed by atoms with Crippen molar-refractivity contribution < 1.29 is 31.1 Å². The van der Waals surface area contributed by atoms with E-state index in [4.69, 9.17) is 4.74 Å². The van der Waals surface area contributed by atoms with Crippen molar-refractivity contribution in [2.75, 3.05) is 32.8 Å². The zero-order valence-corrected chi connectivity index (χ0v) is 16.4. The second-order valence-electron chi connectivity index (χ2n) is 6.33. The molecule has 2 aromatic rings. The van der Waals surface area contributed by atoms with E-state index in [1.165, 1.54) is 4.90 Å². The third-order valence-electron chi connectivity index (χ3n) is 4.56. The van der Waals surface area contributed by atoms with Crippen LogP contribution < -0.4 is 4.74 Å². The fraction of sp³-hybridized carbons (Fsp3) is 0.316. The molecule has 0 atom stereocenters. The second kappa shape index (κ2) is 8.42. The Morgan fingerprint density at radius 1 is 0.966 bits per heavy atom. The molecule has 10 heteroatoms. The molecular weight excluding hydrogens is 409 g/mol. The van der Waals surface area contributed by atoms with Gasteiger partial charge < -0.3 is 9.64 Å². The van der Waals surface area contributed by atoms with Crippen molar-refractivity contribution in [1.29, 1.82) is 0 Å². The predicted octanol–water partition coefficient (Wildman–Crippen LogP) is 2.65. The number of benzene rings is 2. The van der Waals surface area contributed by atoms with E-state index >= 15 is 0 Å². The fourth-order valence-corrected chi connectivity index (χ4v) is 4.50.